The highest BCUT2D eigenvalue weighted by molar-refractivity contribution is 6.96. The van der Waals surface area contributed by atoms with Crippen LogP contribution in [-0.2, 0) is 0 Å². The number of aryl methyl sites for hydroxylation is 6. The van der Waals surface area contributed by atoms with Crippen LogP contribution >= 0.6 is 0 Å². The van der Waals surface area contributed by atoms with E-state index in [0.717, 1.165) is 17.2 Å². The number of fused-ring (bicyclic) bond motifs is 1. The van der Waals surface area contributed by atoms with Crippen LogP contribution in [0.3, 0.4) is 0 Å². The summed E-state index contributed by atoms with van der Waals surface area (Å²) in [5, 5.41) is 2.37. The molecule has 1 heterocycles. The van der Waals surface area contributed by atoms with Crippen molar-refractivity contribution < 1.29 is 0 Å². The van der Waals surface area contributed by atoms with E-state index in [4.69, 9.17) is 0 Å². The Morgan fingerprint density at radius 1 is 0.595 bits per heavy atom. The lowest BCUT2D eigenvalue weighted by atomic mass is 9.34. The van der Waals surface area contributed by atoms with Gasteiger partial charge >= 0.3 is 0 Å². The van der Waals surface area contributed by atoms with Crippen LogP contribution in [0.15, 0.2) is 110 Å². The molecule has 0 unspecified atom stereocenters. The van der Waals surface area contributed by atoms with E-state index in [1.807, 2.05) is 6.07 Å². The standard InChI is InChI=1S/C38H36BN3/c1-25-20-27(3)37(28(4)21-25)39(38-29(5)22-26(2)23-30(38)6)32-14-16-33(17-15-32)42(36-18-19-40-24-41-36)35-13-9-11-31-10-7-8-12-34(31)35/h7-24H,1-6H3. The molecular formula is C38H36BN3. The molecule has 0 amide bonds. The molecule has 0 fully saturated rings. The maximum absolute atomic E-state index is 4.67. The summed E-state index contributed by atoms with van der Waals surface area (Å²) >= 11 is 0. The van der Waals surface area contributed by atoms with Gasteiger partial charge in [-0.25, -0.2) is 9.97 Å². The van der Waals surface area contributed by atoms with Crippen molar-refractivity contribution in [2.45, 2.75) is 41.5 Å². The van der Waals surface area contributed by atoms with Crippen LogP contribution < -0.4 is 21.3 Å². The van der Waals surface area contributed by atoms with Gasteiger partial charge in [0.1, 0.15) is 12.1 Å². The van der Waals surface area contributed by atoms with Gasteiger partial charge in [0, 0.05) is 17.3 Å². The van der Waals surface area contributed by atoms with Crippen molar-refractivity contribution in [3.8, 4) is 0 Å². The molecular weight excluding hydrogens is 509 g/mol. The molecule has 1 aromatic heterocycles. The average molecular weight is 546 g/mol. The van der Waals surface area contributed by atoms with E-state index >= 15 is 0 Å². The van der Waals surface area contributed by atoms with Gasteiger partial charge in [-0.1, -0.05) is 123 Å². The van der Waals surface area contributed by atoms with Gasteiger partial charge in [0.05, 0.1) is 5.69 Å². The van der Waals surface area contributed by atoms with E-state index in [9.17, 15) is 0 Å². The highest BCUT2D eigenvalue weighted by Gasteiger charge is 2.28. The lowest BCUT2D eigenvalue weighted by Crippen LogP contribution is -2.55. The first kappa shape index (κ1) is 27.5. The van der Waals surface area contributed by atoms with Crippen LogP contribution in [0.5, 0.6) is 0 Å². The first-order valence-corrected chi connectivity index (χ1v) is 14.6. The summed E-state index contributed by atoms with van der Waals surface area (Å²) in [7, 11) is 0. The average Bonchev–Trinajstić information content (AvgIpc) is 2.97. The number of anilines is 3. The second-order valence-corrected chi connectivity index (χ2v) is 11.6. The largest absolute Gasteiger partial charge is 0.294 e. The zero-order valence-electron chi connectivity index (χ0n) is 25.3. The quantitative estimate of drug-likeness (QED) is 0.203. The summed E-state index contributed by atoms with van der Waals surface area (Å²) in [6.07, 6.45) is 3.42. The molecule has 4 heteroatoms. The van der Waals surface area contributed by atoms with Gasteiger partial charge in [-0.2, -0.15) is 0 Å². The van der Waals surface area contributed by atoms with Gasteiger partial charge in [0.25, 0.3) is 0 Å². The number of rotatable bonds is 6. The van der Waals surface area contributed by atoms with Gasteiger partial charge in [-0.15, -0.1) is 0 Å². The number of hydrogen-bond donors (Lipinski definition) is 0. The first-order valence-electron chi connectivity index (χ1n) is 14.6. The van der Waals surface area contributed by atoms with Crippen LogP contribution in [-0.4, -0.2) is 16.7 Å². The molecule has 0 saturated heterocycles. The summed E-state index contributed by atoms with van der Waals surface area (Å²) in [6, 6.07) is 35.3. The second-order valence-electron chi connectivity index (χ2n) is 11.6. The molecule has 206 valence electrons. The fourth-order valence-electron chi connectivity index (χ4n) is 6.80. The van der Waals surface area contributed by atoms with Crippen LogP contribution in [0.4, 0.5) is 17.2 Å². The highest BCUT2D eigenvalue weighted by atomic mass is 15.2. The molecule has 0 saturated carbocycles. The van der Waals surface area contributed by atoms with Crippen LogP contribution in [0, 0.1) is 41.5 Å². The van der Waals surface area contributed by atoms with Gasteiger partial charge in [-0.05, 0) is 71.2 Å². The third-order valence-electron chi connectivity index (χ3n) is 8.34. The van der Waals surface area contributed by atoms with E-state index < -0.39 is 0 Å². The monoisotopic (exact) mass is 545 g/mol. The molecule has 0 N–H and O–H groups in total. The molecule has 0 aliphatic heterocycles. The van der Waals surface area contributed by atoms with Gasteiger partial charge in [-0.3, -0.25) is 4.90 Å². The predicted octanol–water partition coefficient (Wildman–Crippen LogP) is 7.47. The Morgan fingerprint density at radius 2 is 1.17 bits per heavy atom. The van der Waals surface area contributed by atoms with Crippen LogP contribution in [0.2, 0.25) is 0 Å². The summed E-state index contributed by atoms with van der Waals surface area (Å²) in [6.45, 7) is 13.5. The summed E-state index contributed by atoms with van der Waals surface area (Å²) in [5.41, 5.74) is 14.2. The third-order valence-corrected chi connectivity index (χ3v) is 8.34. The normalized spacial score (nSPS) is 11.1. The van der Waals surface area contributed by atoms with Crippen molar-refractivity contribution in [1.29, 1.82) is 0 Å². The van der Waals surface area contributed by atoms with Gasteiger partial charge < -0.3 is 0 Å². The van der Waals surface area contributed by atoms with Gasteiger partial charge in [0.2, 0.25) is 6.71 Å². The molecule has 0 spiro atoms. The van der Waals surface area contributed by atoms with E-state index in [1.54, 1.807) is 12.5 Å². The molecule has 6 rings (SSSR count). The molecule has 0 radical (unpaired) electrons. The number of nitrogens with zero attached hydrogens (tertiary/aromatic N) is 3. The zero-order valence-corrected chi connectivity index (χ0v) is 25.3. The van der Waals surface area contributed by atoms with Crippen molar-refractivity contribution in [3.05, 3.63) is 143 Å². The molecule has 0 aliphatic carbocycles. The summed E-state index contributed by atoms with van der Waals surface area (Å²) in [5.74, 6) is 0.834. The Morgan fingerprint density at radius 3 is 1.74 bits per heavy atom. The van der Waals surface area contributed by atoms with Crippen LogP contribution in [0.25, 0.3) is 10.8 Å². The number of hydrogen-bond acceptors (Lipinski definition) is 3. The van der Waals surface area contributed by atoms with Gasteiger partial charge in [0.15, 0.2) is 0 Å². The van der Waals surface area contributed by atoms with E-state index in [1.165, 1.54) is 60.5 Å². The minimum Gasteiger partial charge on any atom is -0.294 e. The molecule has 3 nitrogen and oxygen atoms in total. The topological polar surface area (TPSA) is 29.0 Å². The zero-order chi connectivity index (χ0) is 29.4. The Bertz CT molecular complexity index is 1790. The predicted molar refractivity (Wildman–Crippen MR) is 180 cm³/mol. The highest BCUT2D eigenvalue weighted by Crippen LogP contribution is 2.37. The van der Waals surface area contributed by atoms with E-state index in [2.05, 4.69) is 147 Å². The Balaban J connectivity index is 1.54. The van der Waals surface area contributed by atoms with Crippen molar-refractivity contribution in [2.75, 3.05) is 4.90 Å². The second kappa shape index (κ2) is 11.3. The molecule has 0 aliphatic rings. The van der Waals surface area contributed by atoms with Crippen molar-refractivity contribution in [1.82, 2.24) is 9.97 Å². The Kier molecular flexibility index (Phi) is 7.39. The molecule has 0 bridgehead atoms. The molecule has 42 heavy (non-hydrogen) atoms. The van der Waals surface area contributed by atoms with E-state index in [0.29, 0.717) is 0 Å². The van der Waals surface area contributed by atoms with Crippen molar-refractivity contribution in [2.24, 2.45) is 0 Å². The lowest BCUT2D eigenvalue weighted by Gasteiger charge is -2.27. The Labute approximate surface area is 250 Å². The van der Waals surface area contributed by atoms with Crippen molar-refractivity contribution in [3.63, 3.8) is 0 Å². The minimum absolute atomic E-state index is 0.130. The van der Waals surface area contributed by atoms with Crippen molar-refractivity contribution >= 4 is 51.1 Å². The maximum atomic E-state index is 4.67. The minimum atomic E-state index is 0.130. The fourth-order valence-corrected chi connectivity index (χ4v) is 6.80. The summed E-state index contributed by atoms with van der Waals surface area (Å²) < 4.78 is 0. The first-order chi connectivity index (χ1) is 20.3. The van der Waals surface area contributed by atoms with Crippen LogP contribution in [0.1, 0.15) is 33.4 Å². The Hall–Kier alpha value is -4.70. The molecule has 6 aromatic rings. The number of aromatic nitrogens is 2. The third kappa shape index (κ3) is 5.09. The van der Waals surface area contributed by atoms with E-state index in [-0.39, 0.29) is 6.71 Å². The maximum Gasteiger partial charge on any atom is 0.242 e. The molecule has 0 atom stereocenters. The number of benzene rings is 5. The smallest absolute Gasteiger partial charge is 0.242 e. The lowest BCUT2D eigenvalue weighted by molar-refractivity contribution is 1.11. The fraction of sp³-hybridized carbons (Fsp3) is 0.158. The summed E-state index contributed by atoms with van der Waals surface area (Å²) in [4.78, 5) is 11.1. The SMILES string of the molecule is Cc1cc(C)c(B(c2ccc(N(c3ccncn3)c3cccc4ccccc34)cc2)c2c(C)cc(C)cc2C)c(C)c1. The molecule has 5 aromatic carbocycles.